The van der Waals surface area contributed by atoms with Gasteiger partial charge in [0.2, 0.25) is 5.91 Å². The molecule has 5 N–H and O–H groups in total. The molecule has 5 nitrogen and oxygen atoms in total. The van der Waals surface area contributed by atoms with Gasteiger partial charge in [-0.1, -0.05) is 0 Å². The van der Waals surface area contributed by atoms with Crippen molar-refractivity contribution < 1.29 is 15.0 Å². The van der Waals surface area contributed by atoms with Crippen molar-refractivity contribution in [1.82, 2.24) is 5.32 Å². The fraction of sp³-hybridized carbons (Fsp3) is 0.462. The van der Waals surface area contributed by atoms with Crippen molar-refractivity contribution in [3.05, 3.63) is 23.8 Å². The zero-order valence-electron chi connectivity index (χ0n) is 10.5. The van der Waals surface area contributed by atoms with Crippen molar-refractivity contribution in [2.45, 2.75) is 32.2 Å². The van der Waals surface area contributed by atoms with Crippen molar-refractivity contribution in [3.63, 3.8) is 0 Å². The topological polar surface area (TPSA) is 95.6 Å². The van der Waals surface area contributed by atoms with E-state index in [1.807, 2.05) is 6.92 Å². The van der Waals surface area contributed by atoms with E-state index >= 15 is 0 Å². The van der Waals surface area contributed by atoms with Gasteiger partial charge >= 0.3 is 0 Å². The van der Waals surface area contributed by atoms with Crippen molar-refractivity contribution in [3.8, 4) is 11.5 Å². The lowest BCUT2D eigenvalue weighted by molar-refractivity contribution is -0.118. The second kappa shape index (κ2) is 6.86. The van der Waals surface area contributed by atoms with Crippen molar-refractivity contribution >= 4 is 5.91 Å². The maximum atomic E-state index is 10.5. The number of carbonyl (C=O) groups is 1. The maximum Gasteiger partial charge on any atom is 0.217 e. The molecule has 1 amide bonds. The first-order valence-electron chi connectivity index (χ1n) is 6.04. The van der Waals surface area contributed by atoms with Gasteiger partial charge in [-0.25, -0.2) is 0 Å². The summed E-state index contributed by atoms with van der Waals surface area (Å²) in [7, 11) is 0. The van der Waals surface area contributed by atoms with Crippen LogP contribution in [0.5, 0.6) is 11.5 Å². The smallest absolute Gasteiger partial charge is 0.217 e. The van der Waals surface area contributed by atoms with Crippen LogP contribution in [0.3, 0.4) is 0 Å². The van der Waals surface area contributed by atoms with Crippen LogP contribution in [-0.4, -0.2) is 22.7 Å². The molecule has 0 aliphatic carbocycles. The first kappa shape index (κ1) is 14.3. The monoisotopic (exact) mass is 252 g/mol. The van der Waals surface area contributed by atoms with E-state index in [4.69, 9.17) is 5.73 Å². The number of nitrogens with one attached hydrogen (secondary N) is 1. The summed E-state index contributed by atoms with van der Waals surface area (Å²) in [5, 5.41) is 22.3. The van der Waals surface area contributed by atoms with E-state index in [-0.39, 0.29) is 23.4 Å². The molecule has 0 fully saturated rings. The van der Waals surface area contributed by atoms with E-state index < -0.39 is 0 Å². The number of primary amides is 1. The molecule has 18 heavy (non-hydrogen) atoms. The zero-order valence-corrected chi connectivity index (χ0v) is 10.5. The molecule has 1 unspecified atom stereocenters. The van der Waals surface area contributed by atoms with Crippen LogP contribution in [0.4, 0.5) is 0 Å². The number of hydrogen-bond donors (Lipinski definition) is 4. The molecule has 0 aromatic heterocycles. The molecule has 0 aliphatic rings. The predicted octanol–water partition coefficient (Wildman–Crippen LogP) is 1.40. The van der Waals surface area contributed by atoms with Crippen LogP contribution < -0.4 is 11.1 Å². The van der Waals surface area contributed by atoms with Gasteiger partial charge in [-0.15, -0.1) is 0 Å². The van der Waals surface area contributed by atoms with Gasteiger partial charge in [-0.3, -0.25) is 4.79 Å². The number of aromatic hydroxyl groups is 2. The Balaban J connectivity index is 2.38. The Morgan fingerprint density at radius 3 is 2.78 bits per heavy atom. The van der Waals surface area contributed by atoms with Crippen molar-refractivity contribution in [2.75, 3.05) is 6.54 Å². The van der Waals surface area contributed by atoms with Crippen LogP contribution >= 0.6 is 0 Å². The van der Waals surface area contributed by atoms with Gasteiger partial charge in [0.1, 0.15) is 11.5 Å². The number of nitrogens with two attached hydrogens (primary N) is 1. The van der Waals surface area contributed by atoms with E-state index in [0.29, 0.717) is 12.0 Å². The Morgan fingerprint density at radius 2 is 2.11 bits per heavy atom. The molecule has 1 aromatic carbocycles. The molecular weight excluding hydrogens is 232 g/mol. The van der Waals surface area contributed by atoms with E-state index in [2.05, 4.69) is 5.32 Å². The molecule has 0 bridgehead atoms. The lowest BCUT2D eigenvalue weighted by atomic mass is 10.1. The standard InChI is InChI=1S/C13H20N2O3/c1-9(15-7-3-2-4-13(14)18)11-8-10(16)5-6-12(11)17/h5-6,8-9,15-17H,2-4,7H2,1H3,(H2,14,18). The molecule has 0 spiro atoms. The van der Waals surface area contributed by atoms with Crippen molar-refractivity contribution in [1.29, 1.82) is 0 Å². The van der Waals surface area contributed by atoms with Gasteiger partial charge in [0.25, 0.3) is 0 Å². The van der Waals surface area contributed by atoms with Gasteiger partial charge in [-0.05, 0) is 44.5 Å². The van der Waals surface area contributed by atoms with Gasteiger partial charge in [0, 0.05) is 18.0 Å². The van der Waals surface area contributed by atoms with Crippen LogP contribution in [0.2, 0.25) is 0 Å². The third kappa shape index (κ3) is 4.63. The highest BCUT2D eigenvalue weighted by Crippen LogP contribution is 2.27. The molecule has 0 radical (unpaired) electrons. The molecule has 1 aromatic rings. The summed E-state index contributed by atoms with van der Waals surface area (Å²) in [6.45, 7) is 2.63. The number of amides is 1. The van der Waals surface area contributed by atoms with E-state index in [1.54, 1.807) is 0 Å². The minimum absolute atomic E-state index is 0.0642. The molecule has 0 heterocycles. The van der Waals surface area contributed by atoms with Gasteiger partial charge in [-0.2, -0.15) is 0 Å². The molecule has 1 rings (SSSR count). The lowest BCUT2D eigenvalue weighted by Gasteiger charge is -2.15. The highest BCUT2D eigenvalue weighted by molar-refractivity contribution is 5.73. The number of rotatable bonds is 7. The summed E-state index contributed by atoms with van der Waals surface area (Å²) in [5.74, 6) is 0.00351. The van der Waals surface area contributed by atoms with Crippen LogP contribution in [-0.2, 0) is 4.79 Å². The minimum atomic E-state index is -0.284. The third-order valence-corrected chi connectivity index (χ3v) is 2.78. The third-order valence-electron chi connectivity index (χ3n) is 2.78. The number of unbranched alkanes of at least 4 members (excludes halogenated alkanes) is 1. The van der Waals surface area contributed by atoms with Gasteiger partial charge in [0.05, 0.1) is 0 Å². The second-order valence-corrected chi connectivity index (χ2v) is 4.34. The number of phenols is 2. The molecule has 100 valence electrons. The SMILES string of the molecule is CC(NCCCCC(N)=O)c1cc(O)ccc1O. The summed E-state index contributed by atoms with van der Waals surface area (Å²) in [5.41, 5.74) is 5.70. The summed E-state index contributed by atoms with van der Waals surface area (Å²) in [6, 6.07) is 4.38. The van der Waals surface area contributed by atoms with E-state index in [0.717, 1.165) is 19.4 Å². The average molecular weight is 252 g/mol. The number of carbonyl (C=O) groups excluding carboxylic acids is 1. The Hall–Kier alpha value is -1.75. The quantitative estimate of drug-likeness (QED) is 0.436. The van der Waals surface area contributed by atoms with Crippen LogP contribution in [0.15, 0.2) is 18.2 Å². The first-order chi connectivity index (χ1) is 8.50. The molecule has 0 saturated carbocycles. The van der Waals surface area contributed by atoms with Gasteiger partial charge < -0.3 is 21.3 Å². The predicted molar refractivity (Wildman–Crippen MR) is 69.2 cm³/mol. The Kier molecular flexibility index (Phi) is 5.45. The number of benzene rings is 1. The highest BCUT2D eigenvalue weighted by atomic mass is 16.3. The summed E-state index contributed by atoms with van der Waals surface area (Å²) >= 11 is 0. The first-order valence-corrected chi connectivity index (χ1v) is 6.04. The lowest BCUT2D eigenvalue weighted by Crippen LogP contribution is -2.20. The fourth-order valence-electron chi connectivity index (χ4n) is 1.74. The van der Waals surface area contributed by atoms with Crippen molar-refractivity contribution in [2.24, 2.45) is 5.73 Å². The van der Waals surface area contributed by atoms with Crippen LogP contribution in [0.1, 0.15) is 37.8 Å². The van der Waals surface area contributed by atoms with Gasteiger partial charge in [0.15, 0.2) is 0 Å². The zero-order chi connectivity index (χ0) is 13.5. The van der Waals surface area contributed by atoms with E-state index in [1.165, 1.54) is 18.2 Å². The van der Waals surface area contributed by atoms with Crippen LogP contribution in [0.25, 0.3) is 0 Å². The molecule has 1 atom stereocenters. The van der Waals surface area contributed by atoms with E-state index in [9.17, 15) is 15.0 Å². The normalized spacial score (nSPS) is 12.3. The molecule has 5 heteroatoms. The largest absolute Gasteiger partial charge is 0.508 e. The summed E-state index contributed by atoms with van der Waals surface area (Å²) in [4.78, 5) is 10.5. The molecular formula is C13H20N2O3. The average Bonchev–Trinajstić information content (AvgIpc) is 2.31. The Labute approximate surface area is 107 Å². The summed E-state index contributed by atoms with van der Waals surface area (Å²) in [6.07, 6.45) is 1.99. The maximum absolute atomic E-state index is 10.5. The Morgan fingerprint density at radius 1 is 1.39 bits per heavy atom. The highest BCUT2D eigenvalue weighted by Gasteiger charge is 2.10. The molecule has 0 aliphatic heterocycles. The minimum Gasteiger partial charge on any atom is -0.508 e. The Bertz CT molecular complexity index is 407. The number of hydrogen-bond acceptors (Lipinski definition) is 4. The van der Waals surface area contributed by atoms with Crippen LogP contribution in [0, 0.1) is 0 Å². The second-order valence-electron chi connectivity index (χ2n) is 4.34. The summed E-state index contributed by atoms with van der Waals surface area (Å²) < 4.78 is 0. The molecule has 0 saturated heterocycles. The number of phenolic OH excluding ortho intramolecular Hbond substituents is 2. The fourth-order valence-corrected chi connectivity index (χ4v) is 1.74.